The van der Waals surface area contributed by atoms with Crippen LogP contribution in [0.3, 0.4) is 0 Å². The Kier molecular flexibility index (Phi) is 6.97. The van der Waals surface area contributed by atoms with Gasteiger partial charge in [0.1, 0.15) is 35.5 Å². The molecule has 47 heavy (non-hydrogen) atoms. The Morgan fingerprint density at radius 3 is 2.77 bits per heavy atom. The Morgan fingerprint density at radius 2 is 1.91 bits per heavy atom. The van der Waals surface area contributed by atoms with E-state index in [-0.39, 0.29) is 23.7 Å². The summed E-state index contributed by atoms with van der Waals surface area (Å²) in [5.74, 6) is -0.559. The van der Waals surface area contributed by atoms with Gasteiger partial charge >= 0.3 is 0 Å². The molecule has 1 amide bonds. The number of hydrogen-bond donors (Lipinski definition) is 1. The van der Waals surface area contributed by atoms with E-state index in [2.05, 4.69) is 30.4 Å². The molecule has 4 bridgehead atoms. The highest BCUT2D eigenvalue weighted by atomic mass is 19.1. The van der Waals surface area contributed by atoms with Gasteiger partial charge in [-0.2, -0.15) is 5.10 Å². The molecule has 15 heteroatoms. The molecule has 0 unspecified atom stereocenters. The maximum Gasteiger partial charge on any atom is 0.245 e. The van der Waals surface area contributed by atoms with Crippen molar-refractivity contribution >= 4 is 39.6 Å². The molecule has 4 aromatic heterocycles. The molecule has 0 aliphatic carbocycles. The third-order valence-electron chi connectivity index (χ3n) is 8.83. The number of hydrogen-bond acceptors (Lipinski definition) is 10. The summed E-state index contributed by atoms with van der Waals surface area (Å²) in [6, 6.07) is 8.33. The predicted octanol–water partition coefficient (Wildman–Crippen LogP) is 3.45. The second kappa shape index (κ2) is 11.3. The summed E-state index contributed by atoms with van der Waals surface area (Å²) >= 11 is 0. The molecule has 238 valence electrons. The lowest BCUT2D eigenvalue weighted by Gasteiger charge is -2.30. The Labute approximate surface area is 266 Å². The zero-order valence-electron chi connectivity index (χ0n) is 25.5. The number of carbonyl (C=O) groups excluding carboxylic acids is 1. The van der Waals surface area contributed by atoms with Crippen LogP contribution in [0.1, 0.15) is 6.42 Å². The van der Waals surface area contributed by atoms with Crippen LogP contribution in [-0.4, -0.2) is 95.5 Å². The van der Waals surface area contributed by atoms with Gasteiger partial charge < -0.3 is 24.4 Å². The lowest BCUT2D eigenvalue weighted by molar-refractivity contribution is -0.132. The van der Waals surface area contributed by atoms with Crippen LogP contribution >= 0.6 is 0 Å². The molecule has 6 aromatic rings. The Bertz CT molecular complexity index is 2150. The highest BCUT2D eigenvalue weighted by Gasteiger charge is 2.40. The second-order valence-corrected chi connectivity index (χ2v) is 11.8. The van der Waals surface area contributed by atoms with Crippen molar-refractivity contribution in [1.82, 2.24) is 44.2 Å². The number of fused-ring (bicyclic) bond motifs is 6. The van der Waals surface area contributed by atoms with Gasteiger partial charge in [0, 0.05) is 44.9 Å². The molecule has 2 aromatic carbocycles. The van der Waals surface area contributed by atoms with Gasteiger partial charge in [-0.25, -0.2) is 33.4 Å². The smallest absolute Gasteiger partial charge is 0.245 e. The first-order valence-electron chi connectivity index (χ1n) is 15.1. The number of amides is 1. The van der Waals surface area contributed by atoms with Crippen LogP contribution in [0.4, 0.5) is 20.4 Å². The molecular formula is C32H29F2N11O2. The number of halogens is 2. The van der Waals surface area contributed by atoms with Crippen LogP contribution in [0.25, 0.3) is 39.0 Å². The molecule has 0 radical (unpaired) electrons. The predicted molar refractivity (Wildman–Crippen MR) is 169 cm³/mol. The van der Waals surface area contributed by atoms with Crippen molar-refractivity contribution < 1.29 is 18.3 Å². The van der Waals surface area contributed by atoms with Crippen LogP contribution in [0.15, 0.2) is 67.6 Å². The molecule has 6 heterocycles. The molecular weight excluding hydrogens is 608 g/mol. The fourth-order valence-electron chi connectivity index (χ4n) is 6.62. The minimum atomic E-state index is -0.779. The van der Waals surface area contributed by atoms with Crippen molar-refractivity contribution in [3.05, 3.63) is 79.3 Å². The van der Waals surface area contributed by atoms with Gasteiger partial charge in [-0.3, -0.25) is 9.78 Å². The van der Waals surface area contributed by atoms with Crippen LogP contribution in [0.2, 0.25) is 0 Å². The molecule has 0 spiro atoms. The quantitative estimate of drug-likeness (QED) is 0.308. The van der Waals surface area contributed by atoms with Crippen molar-refractivity contribution in [2.45, 2.75) is 31.2 Å². The molecule has 2 aliphatic heterocycles. The summed E-state index contributed by atoms with van der Waals surface area (Å²) in [5.41, 5.74) is 3.66. The first kappa shape index (κ1) is 28.9. The summed E-state index contributed by atoms with van der Waals surface area (Å²) < 4.78 is 37.6. The number of anilines is 2. The number of imidazole rings is 1. The van der Waals surface area contributed by atoms with E-state index < -0.39 is 17.7 Å². The number of ether oxygens (including phenoxy) is 1. The van der Waals surface area contributed by atoms with E-state index in [1.807, 2.05) is 27.7 Å². The first-order valence-corrected chi connectivity index (χ1v) is 15.1. The van der Waals surface area contributed by atoms with E-state index in [4.69, 9.17) is 9.72 Å². The van der Waals surface area contributed by atoms with Crippen LogP contribution in [0.5, 0.6) is 0 Å². The largest absolute Gasteiger partial charge is 0.378 e. The minimum Gasteiger partial charge on any atom is -0.378 e. The standard InChI is InChI=1S/C32H29F2N11O2/c1-42-14-20(47-2)15-43-17-38-24-5-3-4-21(29(24)43)25-11-35-12-28(41-25)40-19-9-27(32(42)46)44(13-19)30-22-10-39-45(31(22)37-16-36-30)26-7-6-18(33)8-23(26)34/h3-8,10-12,16-17,19-20,27H,9,13-15H2,1-2H3,(H,40,41)/t19-,20+,27-/m0/s1. The van der Waals surface area contributed by atoms with Crippen molar-refractivity contribution in [2.24, 2.45) is 0 Å². The number of methoxy groups -OCH3 is 1. The molecule has 1 N–H and O–H groups in total. The van der Waals surface area contributed by atoms with Crippen molar-refractivity contribution in [3.8, 4) is 16.9 Å². The van der Waals surface area contributed by atoms with E-state index in [1.54, 1.807) is 37.8 Å². The number of carbonyl (C=O) groups is 1. The Balaban J connectivity index is 1.21. The molecule has 0 saturated carbocycles. The summed E-state index contributed by atoms with van der Waals surface area (Å²) in [5, 5.41) is 8.38. The fourth-order valence-corrected chi connectivity index (χ4v) is 6.62. The highest BCUT2D eigenvalue weighted by molar-refractivity contribution is 5.93. The van der Waals surface area contributed by atoms with E-state index in [9.17, 15) is 13.6 Å². The Morgan fingerprint density at radius 1 is 1.02 bits per heavy atom. The third-order valence-corrected chi connectivity index (χ3v) is 8.83. The number of nitrogens with zero attached hydrogens (tertiary/aromatic N) is 10. The summed E-state index contributed by atoms with van der Waals surface area (Å²) in [7, 11) is 3.40. The zero-order valence-corrected chi connectivity index (χ0v) is 25.5. The molecule has 3 atom stereocenters. The number of nitrogens with one attached hydrogen (secondary N) is 1. The van der Waals surface area contributed by atoms with Gasteiger partial charge in [-0.15, -0.1) is 0 Å². The number of para-hydroxylation sites is 1. The van der Waals surface area contributed by atoms with E-state index >= 15 is 0 Å². The third kappa shape index (κ3) is 4.99. The van der Waals surface area contributed by atoms with Crippen molar-refractivity contribution in [3.63, 3.8) is 0 Å². The van der Waals surface area contributed by atoms with Crippen molar-refractivity contribution in [2.75, 3.05) is 37.5 Å². The number of benzene rings is 2. The minimum absolute atomic E-state index is 0.0432. The van der Waals surface area contributed by atoms with Crippen LogP contribution in [0, 0.1) is 11.6 Å². The summed E-state index contributed by atoms with van der Waals surface area (Å²) in [6.07, 6.45) is 8.16. The normalized spacial score (nSPS) is 20.0. The number of aromatic nitrogens is 8. The lowest BCUT2D eigenvalue weighted by atomic mass is 10.1. The molecule has 1 fully saturated rings. The monoisotopic (exact) mass is 637 g/mol. The topological polar surface area (TPSA) is 132 Å². The number of rotatable bonds is 3. The van der Waals surface area contributed by atoms with Gasteiger partial charge in [0.15, 0.2) is 11.5 Å². The average Bonchev–Trinajstić information content (AvgIpc) is 3.81. The fraction of sp³-hybridized carbons (Fsp3) is 0.281. The van der Waals surface area contributed by atoms with Crippen LogP contribution in [-0.2, 0) is 16.1 Å². The molecule has 13 nitrogen and oxygen atoms in total. The second-order valence-electron chi connectivity index (χ2n) is 11.8. The summed E-state index contributed by atoms with van der Waals surface area (Å²) in [4.78, 5) is 40.8. The average molecular weight is 638 g/mol. The Hall–Kier alpha value is -5.57. The summed E-state index contributed by atoms with van der Waals surface area (Å²) in [6.45, 7) is 1.18. The zero-order chi connectivity index (χ0) is 32.2. The first-order chi connectivity index (χ1) is 22.9. The van der Waals surface area contributed by atoms with Crippen LogP contribution < -0.4 is 10.2 Å². The van der Waals surface area contributed by atoms with Gasteiger partial charge in [0.25, 0.3) is 0 Å². The molecule has 1 saturated heterocycles. The molecule has 2 aliphatic rings. The highest BCUT2D eigenvalue weighted by Crippen LogP contribution is 2.34. The SMILES string of the molecule is CO[C@@H]1CN(C)C(=O)[C@@H]2C[C@@H](CN2c2ncnc3c2cnn3-c2ccc(F)cc2F)Nc2cncc(n2)-c2cccc3ncn(c23)C1. The van der Waals surface area contributed by atoms with E-state index in [0.717, 1.165) is 28.7 Å². The van der Waals surface area contributed by atoms with Gasteiger partial charge in [-0.1, -0.05) is 12.1 Å². The van der Waals surface area contributed by atoms with Gasteiger partial charge in [0.2, 0.25) is 5.91 Å². The van der Waals surface area contributed by atoms with E-state index in [1.165, 1.54) is 23.3 Å². The maximum absolute atomic E-state index is 14.8. The molecule has 8 rings (SSSR count). The van der Waals surface area contributed by atoms with Gasteiger partial charge in [0.05, 0.1) is 59.7 Å². The van der Waals surface area contributed by atoms with Gasteiger partial charge in [-0.05, 0) is 24.6 Å². The number of likely N-dealkylation sites (N-methyl/N-ethyl adjacent to an activating group) is 1. The van der Waals surface area contributed by atoms with E-state index in [0.29, 0.717) is 54.4 Å². The lowest BCUT2D eigenvalue weighted by Crippen LogP contribution is -2.47. The maximum atomic E-state index is 14.8. The van der Waals surface area contributed by atoms with Crippen molar-refractivity contribution in [1.29, 1.82) is 0 Å².